The number of nitrogens with one attached hydrogen (secondary N) is 1. The summed E-state index contributed by atoms with van der Waals surface area (Å²) in [5, 5.41) is 7.23. The third kappa shape index (κ3) is 3.91. The zero-order chi connectivity index (χ0) is 18.7. The van der Waals surface area contributed by atoms with E-state index in [1.807, 2.05) is 18.7 Å². The van der Waals surface area contributed by atoms with Crippen LogP contribution in [0.3, 0.4) is 0 Å². The zero-order valence-electron chi connectivity index (χ0n) is 16.3. The minimum absolute atomic E-state index is 0.0565. The lowest BCUT2D eigenvalue weighted by Crippen LogP contribution is -2.63. The number of rotatable bonds is 7. The highest BCUT2D eigenvalue weighted by Gasteiger charge is 2.45. The van der Waals surface area contributed by atoms with E-state index in [1.165, 1.54) is 12.8 Å². The summed E-state index contributed by atoms with van der Waals surface area (Å²) in [5.74, 6) is 1.65. The molecular formula is C19H31N5O2. The highest BCUT2D eigenvalue weighted by Crippen LogP contribution is 2.44. The van der Waals surface area contributed by atoms with Crippen molar-refractivity contribution in [3.05, 3.63) is 11.6 Å². The van der Waals surface area contributed by atoms with E-state index in [4.69, 9.17) is 0 Å². The smallest absolute Gasteiger partial charge is 0.242 e. The average Bonchev–Trinajstić information content (AvgIpc) is 3.15. The number of aromatic nitrogens is 3. The Morgan fingerprint density at radius 3 is 2.50 bits per heavy atom. The van der Waals surface area contributed by atoms with Gasteiger partial charge in [-0.3, -0.25) is 9.59 Å². The molecule has 2 amide bonds. The molecule has 0 spiro atoms. The summed E-state index contributed by atoms with van der Waals surface area (Å²) in [5.41, 5.74) is -0.125. The lowest BCUT2D eigenvalue weighted by Gasteiger charge is -2.44. The molecular weight excluding hydrogens is 330 g/mol. The van der Waals surface area contributed by atoms with E-state index in [0.717, 1.165) is 37.9 Å². The average molecular weight is 361 g/mol. The maximum Gasteiger partial charge on any atom is 0.242 e. The Balaban J connectivity index is 1.48. The maximum absolute atomic E-state index is 13.0. The lowest BCUT2D eigenvalue weighted by molar-refractivity contribution is -0.148. The van der Waals surface area contributed by atoms with Gasteiger partial charge in [-0.05, 0) is 33.1 Å². The molecule has 1 aliphatic carbocycles. The normalized spacial score (nSPS) is 19.4. The summed E-state index contributed by atoms with van der Waals surface area (Å²) in [6.07, 6.45) is 7.67. The van der Waals surface area contributed by atoms with Crippen molar-refractivity contribution >= 4 is 11.8 Å². The van der Waals surface area contributed by atoms with E-state index in [0.29, 0.717) is 24.8 Å². The highest BCUT2D eigenvalue weighted by atomic mass is 16.2. The first-order valence-corrected chi connectivity index (χ1v) is 9.90. The first kappa shape index (κ1) is 18.9. The van der Waals surface area contributed by atoms with E-state index < -0.39 is 0 Å². The second-order valence-corrected chi connectivity index (χ2v) is 7.93. The number of aryl methyl sites for hydroxylation is 2. The van der Waals surface area contributed by atoms with Crippen molar-refractivity contribution in [3.8, 4) is 0 Å². The van der Waals surface area contributed by atoms with Crippen LogP contribution in [0.2, 0.25) is 0 Å². The van der Waals surface area contributed by atoms with Gasteiger partial charge in [0.2, 0.25) is 11.8 Å². The Kier molecular flexibility index (Phi) is 5.63. The Labute approximate surface area is 155 Å². The van der Waals surface area contributed by atoms with Crippen LogP contribution in [0, 0.1) is 19.3 Å². The molecule has 144 valence electrons. The number of amides is 2. The van der Waals surface area contributed by atoms with Crippen molar-refractivity contribution < 1.29 is 9.59 Å². The van der Waals surface area contributed by atoms with E-state index in [9.17, 15) is 9.59 Å². The van der Waals surface area contributed by atoms with Crippen LogP contribution >= 0.6 is 0 Å². The zero-order valence-corrected chi connectivity index (χ0v) is 16.3. The number of carbonyl (C=O) groups excluding carboxylic acids is 2. The monoisotopic (exact) mass is 361 g/mol. The number of hydrogen-bond donors (Lipinski definition) is 1. The molecule has 0 radical (unpaired) electrons. The summed E-state index contributed by atoms with van der Waals surface area (Å²) in [6, 6.07) is 0.0565. The van der Waals surface area contributed by atoms with Gasteiger partial charge < -0.3 is 10.2 Å². The van der Waals surface area contributed by atoms with Crippen molar-refractivity contribution in [3.63, 3.8) is 0 Å². The molecule has 0 aromatic carbocycles. The fourth-order valence-electron chi connectivity index (χ4n) is 4.33. The summed E-state index contributed by atoms with van der Waals surface area (Å²) >= 11 is 0. The molecule has 26 heavy (non-hydrogen) atoms. The second kappa shape index (κ2) is 7.76. The molecule has 0 atom stereocenters. The highest BCUT2D eigenvalue weighted by molar-refractivity contribution is 5.84. The number of unbranched alkanes of at least 4 members (excludes halogenated alkanes) is 1. The minimum atomic E-state index is -0.125. The second-order valence-electron chi connectivity index (χ2n) is 7.93. The molecule has 7 nitrogen and oxygen atoms in total. The van der Waals surface area contributed by atoms with Crippen LogP contribution in [0.1, 0.15) is 63.5 Å². The standard InChI is InChI=1S/C19H31N5O2/c1-4-5-8-19(9-6-7-10-19)18(26)23-11-16(12-23)21-17(25)13-24-15(3)20-14(2)22-24/h16H,4-13H2,1-3H3,(H,21,25). The Morgan fingerprint density at radius 1 is 1.23 bits per heavy atom. The molecule has 1 N–H and O–H groups in total. The number of nitrogens with zero attached hydrogens (tertiary/aromatic N) is 4. The van der Waals surface area contributed by atoms with Crippen LogP contribution in [0.5, 0.6) is 0 Å². The number of carbonyl (C=O) groups is 2. The third-order valence-electron chi connectivity index (χ3n) is 5.81. The number of likely N-dealkylation sites (tertiary alicyclic amines) is 1. The first-order valence-electron chi connectivity index (χ1n) is 9.90. The molecule has 2 fully saturated rings. The summed E-state index contributed by atoms with van der Waals surface area (Å²) in [6.45, 7) is 7.28. The van der Waals surface area contributed by atoms with Gasteiger partial charge in [-0.25, -0.2) is 9.67 Å². The summed E-state index contributed by atoms with van der Waals surface area (Å²) in [7, 11) is 0. The predicted octanol–water partition coefficient (Wildman–Crippen LogP) is 1.97. The summed E-state index contributed by atoms with van der Waals surface area (Å²) in [4.78, 5) is 31.4. The van der Waals surface area contributed by atoms with Crippen LogP contribution in [0.25, 0.3) is 0 Å². The quantitative estimate of drug-likeness (QED) is 0.805. The van der Waals surface area contributed by atoms with Gasteiger partial charge in [0.15, 0.2) is 0 Å². The van der Waals surface area contributed by atoms with Gasteiger partial charge >= 0.3 is 0 Å². The van der Waals surface area contributed by atoms with Crippen LogP contribution in [-0.2, 0) is 16.1 Å². The fraction of sp³-hybridized carbons (Fsp3) is 0.789. The van der Waals surface area contributed by atoms with Gasteiger partial charge in [0, 0.05) is 18.5 Å². The van der Waals surface area contributed by atoms with Crippen LogP contribution in [0.15, 0.2) is 0 Å². The van der Waals surface area contributed by atoms with Crippen molar-refractivity contribution in [1.82, 2.24) is 25.0 Å². The molecule has 7 heteroatoms. The molecule has 2 heterocycles. The Morgan fingerprint density at radius 2 is 1.92 bits per heavy atom. The molecule has 1 saturated carbocycles. The first-order chi connectivity index (χ1) is 12.4. The van der Waals surface area contributed by atoms with Crippen LogP contribution in [-0.4, -0.2) is 50.6 Å². The molecule has 1 saturated heterocycles. The fourth-order valence-corrected chi connectivity index (χ4v) is 4.33. The van der Waals surface area contributed by atoms with Gasteiger partial charge in [0.1, 0.15) is 18.2 Å². The molecule has 0 bridgehead atoms. The molecule has 2 aliphatic rings. The molecule has 1 aromatic rings. The van der Waals surface area contributed by atoms with Crippen molar-refractivity contribution in [1.29, 1.82) is 0 Å². The molecule has 1 aliphatic heterocycles. The van der Waals surface area contributed by atoms with Gasteiger partial charge in [-0.1, -0.05) is 32.6 Å². The molecule has 0 unspecified atom stereocenters. The van der Waals surface area contributed by atoms with Gasteiger partial charge in [0.05, 0.1) is 6.04 Å². The van der Waals surface area contributed by atoms with E-state index in [-0.39, 0.29) is 23.9 Å². The van der Waals surface area contributed by atoms with E-state index in [2.05, 4.69) is 22.3 Å². The topological polar surface area (TPSA) is 80.1 Å². The molecule has 3 rings (SSSR count). The van der Waals surface area contributed by atoms with Gasteiger partial charge in [-0.15, -0.1) is 0 Å². The SMILES string of the molecule is CCCCC1(C(=O)N2CC(NC(=O)Cn3nc(C)nc3C)C2)CCCC1. The van der Waals surface area contributed by atoms with Gasteiger partial charge in [-0.2, -0.15) is 5.10 Å². The van der Waals surface area contributed by atoms with Crippen LogP contribution in [0.4, 0.5) is 0 Å². The lowest BCUT2D eigenvalue weighted by atomic mass is 9.79. The van der Waals surface area contributed by atoms with E-state index in [1.54, 1.807) is 4.68 Å². The Hall–Kier alpha value is -1.92. The molecule has 1 aromatic heterocycles. The van der Waals surface area contributed by atoms with Crippen molar-refractivity contribution in [2.24, 2.45) is 5.41 Å². The largest absolute Gasteiger partial charge is 0.348 e. The van der Waals surface area contributed by atoms with Crippen molar-refractivity contribution in [2.75, 3.05) is 13.1 Å². The maximum atomic E-state index is 13.0. The summed E-state index contributed by atoms with van der Waals surface area (Å²) < 4.78 is 1.62. The predicted molar refractivity (Wildman–Crippen MR) is 98.4 cm³/mol. The van der Waals surface area contributed by atoms with Crippen LogP contribution < -0.4 is 5.32 Å². The van der Waals surface area contributed by atoms with Crippen molar-refractivity contribution in [2.45, 2.75) is 78.3 Å². The Bertz CT molecular complexity index is 657. The van der Waals surface area contributed by atoms with E-state index >= 15 is 0 Å². The van der Waals surface area contributed by atoms with Gasteiger partial charge in [0.25, 0.3) is 0 Å². The minimum Gasteiger partial charge on any atom is -0.348 e. The number of hydrogen-bond acceptors (Lipinski definition) is 4. The third-order valence-corrected chi connectivity index (χ3v) is 5.81.